The summed E-state index contributed by atoms with van der Waals surface area (Å²) in [5.74, 6) is 1.30. The van der Waals surface area contributed by atoms with E-state index in [2.05, 4.69) is 15.2 Å². The minimum absolute atomic E-state index is 0.0249. The first kappa shape index (κ1) is 25.6. The average molecular weight is 521 g/mol. The lowest BCUT2D eigenvalue weighted by atomic mass is 10.2. The quantitative estimate of drug-likeness (QED) is 0.226. The molecule has 13 heteroatoms. The van der Waals surface area contributed by atoms with Crippen LogP contribution in [-0.2, 0) is 10.0 Å². The summed E-state index contributed by atoms with van der Waals surface area (Å²) >= 11 is 5.81. The highest BCUT2D eigenvalue weighted by Crippen LogP contribution is 2.33. The van der Waals surface area contributed by atoms with Gasteiger partial charge in [-0.05, 0) is 36.4 Å². The first-order valence-corrected chi connectivity index (χ1v) is 11.7. The zero-order valence-electron chi connectivity index (χ0n) is 18.8. The summed E-state index contributed by atoms with van der Waals surface area (Å²) in [5.41, 5.74) is 2.76. The normalized spacial score (nSPS) is 11.2. The number of nitrogens with one attached hydrogen (secondary N) is 2. The summed E-state index contributed by atoms with van der Waals surface area (Å²) < 4.78 is 43.6. The Bertz CT molecular complexity index is 1340. The van der Waals surface area contributed by atoms with Gasteiger partial charge in [0.1, 0.15) is 22.9 Å². The lowest BCUT2D eigenvalue weighted by Gasteiger charge is -2.12. The molecule has 11 nitrogen and oxygen atoms in total. The number of rotatable bonds is 10. The highest BCUT2D eigenvalue weighted by Gasteiger charge is 2.22. The summed E-state index contributed by atoms with van der Waals surface area (Å²) in [6.07, 6.45) is 1.35. The maximum absolute atomic E-state index is 12.7. The molecule has 0 saturated carbocycles. The van der Waals surface area contributed by atoms with E-state index < -0.39 is 20.6 Å². The van der Waals surface area contributed by atoms with Gasteiger partial charge < -0.3 is 14.2 Å². The van der Waals surface area contributed by atoms with Gasteiger partial charge in [-0.1, -0.05) is 11.6 Å². The smallest absolute Gasteiger partial charge is 0.295 e. The Hall–Kier alpha value is -4.03. The van der Waals surface area contributed by atoms with Crippen molar-refractivity contribution >= 4 is 44.9 Å². The van der Waals surface area contributed by atoms with E-state index in [0.29, 0.717) is 27.8 Å². The van der Waals surface area contributed by atoms with Gasteiger partial charge in [-0.25, -0.2) is 8.42 Å². The summed E-state index contributed by atoms with van der Waals surface area (Å²) in [6, 6.07) is 12.6. The molecule has 0 fully saturated rings. The second kappa shape index (κ2) is 10.9. The van der Waals surface area contributed by atoms with E-state index in [0.717, 1.165) is 6.07 Å². The minimum Gasteiger partial charge on any atom is -0.496 e. The second-order valence-electron chi connectivity index (χ2n) is 6.86. The summed E-state index contributed by atoms with van der Waals surface area (Å²) in [5, 5.41) is 16.1. The van der Waals surface area contributed by atoms with Crippen LogP contribution < -0.4 is 24.4 Å². The van der Waals surface area contributed by atoms with Gasteiger partial charge >= 0.3 is 0 Å². The van der Waals surface area contributed by atoms with Gasteiger partial charge in [0.15, 0.2) is 0 Å². The molecule has 0 aliphatic carbocycles. The maximum atomic E-state index is 12.7. The largest absolute Gasteiger partial charge is 0.496 e. The number of anilines is 2. The van der Waals surface area contributed by atoms with Gasteiger partial charge in [-0.3, -0.25) is 20.3 Å². The molecule has 0 aromatic heterocycles. The molecular weight excluding hydrogens is 500 g/mol. The first-order chi connectivity index (χ1) is 16.7. The Morgan fingerprint density at radius 2 is 1.60 bits per heavy atom. The number of ether oxygens (including phenoxy) is 3. The second-order valence-corrected chi connectivity index (χ2v) is 8.98. The number of methoxy groups -OCH3 is 3. The number of nitrogens with zero attached hydrogens (tertiary/aromatic N) is 2. The Kier molecular flexibility index (Phi) is 7.99. The molecule has 0 spiro atoms. The van der Waals surface area contributed by atoms with Crippen LogP contribution in [0.2, 0.25) is 5.02 Å². The third kappa shape index (κ3) is 6.11. The van der Waals surface area contributed by atoms with Crippen molar-refractivity contribution in [2.75, 3.05) is 31.5 Å². The lowest BCUT2D eigenvalue weighted by molar-refractivity contribution is -0.384. The van der Waals surface area contributed by atoms with Crippen molar-refractivity contribution in [3.05, 3.63) is 75.3 Å². The predicted molar refractivity (Wildman–Crippen MR) is 133 cm³/mol. The van der Waals surface area contributed by atoms with Crippen molar-refractivity contribution < 1.29 is 27.6 Å². The first-order valence-electron chi connectivity index (χ1n) is 9.84. The molecule has 0 saturated heterocycles. The van der Waals surface area contributed by atoms with E-state index in [4.69, 9.17) is 25.8 Å². The van der Waals surface area contributed by atoms with Gasteiger partial charge in [0.05, 0.1) is 42.9 Å². The molecule has 0 bridgehead atoms. The van der Waals surface area contributed by atoms with E-state index >= 15 is 0 Å². The minimum atomic E-state index is -4.10. The number of hydrogen-bond donors (Lipinski definition) is 2. The van der Waals surface area contributed by atoms with Crippen LogP contribution >= 0.6 is 11.6 Å². The van der Waals surface area contributed by atoms with Crippen LogP contribution in [0.1, 0.15) is 5.56 Å². The Labute approximate surface area is 206 Å². The average Bonchev–Trinajstić information content (AvgIpc) is 2.85. The fraction of sp³-hybridized carbons (Fsp3) is 0.136. The topological polar surface area (TPSA) is 141 Å². The number of nitro benzene ring substituents is 1. The number of nitro groups is 1. The van der Waals surface area contributed by atoms with Crippen LogP contribution in [-0.4, -0.2) is 40.9 Å². The van der Waals surface area contributed by atoms with Crippen LogP contribution in [0.4, 0.5) is 17.1 Å². The SMILES string of the molecule is COc1cc(OC)c(/C=N/Nc2ccc(S(=O)(=O)Nc3ccc(Cl)cc3)cc2[N+](=O)[O-])c(OC)c1. The Balaban J connectivity index is 1.88. The molecule has 0 aliphatic rings. The Morgan fingerprint density at radius 1 is 0.971 bits per heavy atom. The number of hydrogen-bond acceptors (Lipinski definition) is 9. The number of sulfonamides is 1. The predicted octanol–water partition coefficient (Wildman–Crippen LogP) is 4.52. The molecule has 0 amide bonds. The molecule has 184 valence electrons. The summed E-state index contributed by atoms with van der Waals surface area (Å²) in [6.45, 7) is 0. The standard InChI is InChI=1S/C22H21ClN4O7S/c1-32-16-10-21(33-2)18(22(11-16)34-3)13-24-25-19-9-8-17(12-20(19)27(28)29)35(30,31)26-15-6-4-14(23)5-7-15/h4-13,25-26H,1-3H3/b24-13+. The molecule has 0 unspecified atom stereocenters. The monoisotopic (exact) mass is 520 g/mol. The lowest BCUT2D eigenvalue weighted by Crippen LogP contribution is -2.13. The van der Waals surface area contributed by atoms with E-state index in [1.54, 1.807) is 12.1 Å². The van der Waals surface area contributed by atoms with Crippen molar-refractivity contribution in [3.63, 3.8) is 0 Å². The molecule has 35 heavy (non-hydrogen) atoms. The van der Waals surface area contributed by atoms with Crippen molar-refractivity contribution in [2.24, 2.45) is 5.10 Å². The van der Waals surface area contributed by atoms with Crippen LogP contribution in [0.5, 0.6) is 17.2 Å². The molecule has 0 aliphatic heterocycles. The van der Waals surface area contributed by atoms with Crippen LogP contribution in [0.15, 0.2) is 64.6 Å². The molecule has 0 atom stereocenters. The number of benzene rings is 3. The third-order valence-electron chi connectivity index (χ3n) is 4.70. The van der Waals surface area contributed by atoms with Gasteiger partial charge in [-0.2, -0.15) is 5.10 Å². The fourth-order valence-corrected chi connectivity index (χ4v) is 4.19. The molecule has 3 aromatic rings. The van der Waals surface area contributed by atoms with Crippen molar-refractivity contribution in [2.45, 2.75) is 4.90 Å². The summed E-state index contributed by atoms with van der Waals surface area (Å²) in [7, 11) is 0.321. The molecule has 0 radical (unpaired) electrons. The van der Waals surface area contributed by atoms with Gasteiger partial charge in [0, 0.05) is 28.9 Å². The zero-order valence-corrected chi connectivity index (χ0v) is 20.4. The van der Waals surface area contributed by atoms with E-state index in [9.17, 15) is 18.5 Å². The van der Waals surface area contributed by atoms with Crippen LogP contribution in [0.3, 0.4) is 0 Å². The molecular formula is C22H21ClN4O7S. The molecule has 0 heterocycles. The zero-order chi connectivity index (χ0) is 25.6. The van der Waals surface area contributed by atoms with Crippen molar-refractivity contribution in [1.82, 2.24) is 0 Å². The van der Waals surface area contributed by atoms with Gasteiger partial charge in [0.25, 0.3) is 15.7 Å². The van der Waals surface area contributed by atoms with E-state index in [-0.39, 0.29) is 16.3 Å². The summed E-state index contributed by atoms with van der Waals surface area (Å²) in [4.78, 5) is 10.6. The maximum Gasteiger partial charge on any atom is 0.295 e. The highest BCUT2D eigenvalue weighted by atomic mass is 35.5. The van der Waals surface area contributed by atoms with Gasteiger partial charge in [-0.15, -0.1) is 0 Å². The molecule has 3 rings (SSSR count). The highest BCUT2D eigenvalue weighted by molar-refractivity contribution is 7.92. The van der Waals surface area contributed by atoms with Crippen molar-refractivity contribution in [1.29, 1.82) is 0 Å². The third-order valence-corrected chi connectivity index (χ3v) is 6.34. The van der Waals surface area contributed by atoms with E-state index in [1.807, 2.05) is 0 Å². The van der Waals surface area contributed by atoms with Crippen LogP contribution in [0, 0.1) is 10.1 Å². The molecule has 3 aromatic carbocycles. The van der Waals surface area contributed by atoms with Crippen LogP contribution in [0.25, 0.3) is 0 Å². The fourth-order valence-electron chi connectivity index (χ4n) is 2.98. The number of halogens is 1. The van der Waals surface area contributed by atoms with Crippen molar-refractivity contribution in [3.8, 4) is 17.2 Å². The van der Waals surface area contributed by atoms with Gasteiger partial charge in [0.2, 0.25) is 0 Å². The molecule has 2 N–H and O–H groups in total. The van der Waals surface area contributed by atoms with E-state index in [1.165, 1.54) is 63.9 Å². The number of hydrazone groups is 1. The Morgan fingerprint density at radius 3 is 2.14 bits per heavy atom.